The summed E-state index contributed by atoms with van der Waals surface area (Å²) in [5.41, 5.74) is 2.52. The van der Waals surface area contributed by atoms with E-state index >= 15 is 0 Å². The van der Waals surface area contributed by atoms with Crippen LogP contribution in [-0.4, -0.2) is 43.7 Å². The van der Waals surface area contributed by atoms with Crippen LogP contribution in [0.3, 0.4) is 0 Å². The van der Waals surface area contributed by atoms with E-state index in [0.717, 1.165) is 25.8 Å². The highest BCUT2D eigenvalue weighted by Crippen LogP contribution is 2.37. The molecule has 4 heteroatoms. The molecule has 21 heavy (non-hydrogen) atoms. The first-order valence-electron chi connectivity index (χ1n) is 7.80. The molecule has 0 spiro atoms. The molecule has 0 amide bonds. The third kappa shape index (κ3) is 2.77. The number of carbonyl (C=O) groups is 1. The van der Waals surface area contributed by atoms with Gasteiger partial charge in [0.15, 0.2) is 0 Å². The summed E-state index contributed by atoms with van der Waals surface area (Å²) in [4.78, 5) is 16.5. The molecule has 1 aromatic carbocycles. The van der Waals surface area contributed by atoms with Gasteiger partial charge in [-0.3, -0.25) is 9.69 Å². The van der Waals surface area contributed by atoms with Gasteiger partial charge in [0.1, 0.15) is 12.1 Å². The molecule has 0 bridgehead atoms. The highest BCUT2D eigenvalue weighted by molar-refractivity contribution is 5.78. The van der Waals surface area contributed by atoms with E-state index in [9.17, 15) is 4.79 Å². The van der Waals surface area contributed by atoms with Crippen molar-refractivity contribution in [3.05, 3.63) is 29.8 Å². The van der Waals surface area contributed by atoms with Gasteiger partial charge in [-0.15, -0.1) is 0 Å². The zero-order valence-electron chi connectivity index (χ0n) is 13.1. The van der Waals surface area contributed by atoms with Gasteiger partial charge < -0.3 is 9.64 Å². The Morgan fingerprint density at radius 2 is 2.10 bits per heavy atom. The van der Waals surface area contributed by atoms with Gasteiger partial charge in [0.25, 0.3) is 0 Å². The van der Waals surface area contributed by atoms with Gasteiger partial charge in [0.05, 0.1) is 0 Å². The fourth-order valence-corrected chi connectivity index (χ4v) is 3.54. The summed E-state index contributed by atoms with van der Waals surface area (Å²) in [6.45, 7) is 2.97. The fraction of sp³-hybridized carbons (Fsp3) is 0.588. The summed E-state index contributed by atoms with van der Waals surface area (Å²) in [6.07, 6.45) is 3.14. The second kappa shape index (κ2) is 5.68. The Morgan fingerprint density at radius 1 is 1.29 bits per heavy atom. The van der Waals surface area contributed by atoms with Crippen molar-refractivity contribution >= 4 is 11.7 Å². The molecule has 114 valence electrons. The first kappa shape index (κ1) is 14.4. The van der Waals surface area contributed by atoms with Gasteiger partial charge in [-0.05, 0) is 44.0 Å². The van der Waals surface area contributed by atoms with Crippen molar-refractivity contribution in [2.45, 2.75) is 44.4 Å². The van der Waals surface area contributed by atoms with Crippen molar-refractivity contribution in [3.63, 3.8) is 0 Å². The average molecular weight is 288 g/mol. The summed E-state index contributed by atoms with van der Waals surface area (Å²) in [5.74, 6) is -0.0434. The minimum absolute atomic E-state index is 0.0434. The molecule has 0 aromatic heterocycles. The maximum atomic E-state index is 12.1. The van der Waals surface area contributed by atoms with E-state index in [4.69, 9.17) is 4.74 Å². The summed E-state index contributed by atoms with van der Waals surface area (Å²) in [7, 11) is 4.11. The Balaban J connectivity index is 1.84. The van der Waals surface area contributed by atoms with E-state index in [2.05, 4.69) is 48.2 Å². The number of esters is 1. The Labute approximate surface area is 126 Å². The molecular formula is C17H24N2O2. The third-order valence-corrected chi connectivity index (χ3v) is 4.61. The largest absolute Gasteiger partial charge is 0.461 e. The summed E-state index contributed by atoms with van der Waals surface area (Å²) < 4.78 is 5.34. The lowest BCUT2D eigenvalue weighted by Gasteiger charge is -2.29. The first-order valence-corrected chi connectivity index (χ1v) is 7.80. The normalized spacial score (nSPS) is 29.7. The topological polar surface area (TPSA) is 32.8 Å². The molecule has 3 rings (SSSR count). The lowest BCUT2D eigenvalue weighted by Crippen LogP contribution is -2.38. The Hall–Kier alpha value is -1.55. The van der Waals surface area contributed by atoms with Gasteiger partial charge in [0, 0.05) is 32.2 Å². The highest BCUT2D eigenvalue weighted by Gasteiger charge is 2.41. The molecule has 2 fully saturated rings. The Bertz CT molecular complexity index is 529. The summed E-state index contributed by atoms with van der Waals surface area (Å²) >= 11 is 0. The molecule has 0 saturated carbocycles. The second-order valence-electron chi connectivity index (χ2n) is 6.38. The number of ether oxygens (including phenoxy) is 1. The number of likely N-dealkylation sites (tertiary alicyclic amines) is 1. The van der Waals surface area contributed by atoms with E-state index in [-0.39, 0.29) is 18.1 Å². The van der Waals surface area contributed by atoms with Crippen molar-refractivity contribution in [2.24, 2.45) is 0 Å². The van der Waals surface area contributed by atoms with Crippen molar-refractivity contribution in [1.29, 1.82) is 0 Å². The van der Waals surface area contributed by atoms with Crippen LogP contribution in [0.15, 0.2) is 24.3 Å². The minimum Gasteiger partial charge on any atom is -0.461 e. The smallest absolute Gasteiger partial charge is 0.323 e. The second-order valence-corrected chi connectivity index (χ2v) is 6.38. The number of anilines is 1. The number of rotatable bonds is 3. The first-order chi connectivity index (χ1) is 10.1. The van der Waals surface area contributed by atoms with Crippen LogP contribution in [0.5, 0.6) is 0 Å². The van der Waals surface area contributed by atoms with Crippen LogP contribution < -0.4 is 4.90 Å². The van der Waals surface area contributed by atoms with E-state index in [0.29, 0.717) is 6.04 Å². The summed E-state index contributed by atoms with van der Waals surface area (Å²) in [5, 5.41) is 0. The molecule has 0 aliphatic carbocycles. The lowest BCUT2D eigenvalue weighted by molar-refractivity contribution is -0.145. The number of carbonyl (C=O) groups excluding carboxylic acids is 1. The Morgan fingerprint density at radius 3 is 2.76 bits per heavy atom. The number of hydrogen-bond donors (Lipinski definition) is 0. The monoisotopic (exact) mass is 288 g/mol. The minimum atomic E-state index is -0.0597. The zero-order valence-corrected chi connectivity index (χ0v) is 13.1. The van der Waals surface area contributed by atoms with E-state index < -0.39 is 0 Å². The Kier molecular flexibility index (Phi) is 3.89. The predicted molar refractivity (Wildman–Crippen MR) is 83.4 cm³/mol. The highest BCUT2D eigenvalue weighted by atomic mass is 16.6. The molecule has 0 unspecified atom stereocenters. The maximum absolute atomic E-state index is 12.1. The van der Waals surface area contributed by atoms with Crippen LogP contribution in [0.4, 0.5) is 5.69 Å². The number of nitrogens with zero attached hydrogens (tertiary/aromatic N) is 2. The maximum Gasteiger partial charge on any atom is 0.323 e. The van der Waals surface area contributed by atoms with Crippen LogP contribution in [0.25, 0.3) is 0 Å². The van der Waals surface area contributed by atoms with Crippen LogP contribution in [0.1, 0.15) is 37.8 Å². The molecule has 0 radical (unpaired) electrons. The van der Waals surface area contributed by atoms with Crippen molar-refractivity contribution in [1.82, 2.24) is 4.90 Å². The van der Waals surface area contributed by atoms with Gasteiger partial charge in [-0.25, -0.2) is 0 Å². The molecule has 0 N–H and O–H groups in total. The van der Waals surface area contributed by atoms with Crippen LogP contribution >= 0.6 is 0 Å². The van der Waals surface area contributed by atoms with E-state index in [1.807, 2.05) is 6.92 Å². The molecule has 3 atom stereocenters. The molecule has 2 aliphatic heterocycles. The van der Waals surface area contributed by atoms with Gasteiger partial charge in [-0.1, -0.05) is 12.1 Å². The van der Waals surface area contributed by atoms with Crippen molar-refractivity contribution < 1.29 is 9.53 Å². The number of hydrogen-bond acceptors (Lipinski definition) is 4. The molecule has 2 heterocycles. The summed E-state index contributed by atoms with van der Waals surface area (Å²) in [6, 6.07) is 8.93. The average Bonchev–Trinajstić information content (AvgIpc) is 3.05. The number of cyclic esters (lactones) is 1. The zero-order chi connectivity index (χ0) is 15.0. The van der Waals surface area contributed by atoms with Gasteiger partial charge >= 0.3 is 5.97 Å². The lowest BCUT2D eigenvalue weighted by atomic mass is 10.0. The van der Waals surface area contributed by atoms with Gasteiger partial charge in [0.2, 0.25) is 0 Å². The SMILES string of the molecule is C[C@@H]1C[C@@H](N2CCC[C@H]2c2cccc(N(C)C)c2)C(=O)O1. The molecule has 2 saturated heterocycles. The van der Waals surface area contributed by atoms with Gasteiger partial charge in [-0.2, -0.15) is 0 Å². The van der Waals surface area contributed by atoms with Crippen molar-refractivity contribution in [3.8, 4) is 0 Å². The van der Waals surface area contributed by atoms with Crippen LogP contribution in [0.2, 0.25) is 0 Å². The predicted octanol–water partition coefficient (Wildman–Crippen LogP) is 2.59. The standard InChI is InChI=1S/C17H24N2O2/c1-12-10-16(17(20)21-12)19-9-5-8-15(19)13-6-4-7-14(11-13)18(2)3/h4,6-7,11-12,15-16H,5,8-10H2,1-3H3/t12-,15+,16-/m1/s1. The van der Waals surface area contributed by atoms with Crippen LogP contribution in [-0.2, 0) is 9.53 Å². The molecular weight excluding hydrogens is 264 g/mol. The molecule has 4 nitrogen and oxygen atoms in total. The van der Waals surface area contributed by atoms with Crippen LogP contribution in [0, 0.1) is 0 Å². The third-order valence-electron chi connectivity index (χ3n) is 4.61. The fourth-order valence-electron chi connectivity index (χ4n) is 3.54. The number of benzene rings is 1. The molecule has 2 aliphatic rings. The van der Waals surface area contributed by atoms with E-state index in [1.54, 1.807) is 0 Å². The van der Waals surface area contributed by atoms with Crippen molar-refractivity contribution in [2.75, 3.05) is 25.5 Å². The molecule has 1 aromatic rings. The van der Waals surface area contributed by atoms with E-state index in [1.165, 1.54) is 11.3 Å². The quantitative estimate of drug-likeness (QED) is 0.800.